The Morgan fingerprint density at radius 1 is 0.969 bits per heavy atom. The highest BCUT2D eigenvalue weighted by Crippen LogP contribution is 2.71. The first-order chi connectivity index (χ1) is 15.0. The second-order valence-corrected chi connectivity index (χ2v) is 10.5. The molecule has 5 nitrogen and oxygen atoms in total. The number of oxime groups is 1. The summed E-state index contributed by atoms with van der Waals surface area (Å²) < 4.78 is 0. The van der Waals surface area contributed by atoms with Crippen LogP contribution < -0.4 is 5.32 Å². The number of hydrogen-bond donors (Lipinski definition) is 1. The molecule has 0 saturated heterocycles. The molecular weight excluding hydrogens is 471 g/mol. The van der Waals surface area contributed by atoms with Gasteiger partial charge in [0.1, 0.15) is 0 Å². The number of benzene rings is 2. The number of rotatable bonds is 4. The fraction of sp³-hybridized carbons (Fsp3) is 0.375. The molecule has 168 valence electrons. The topological polar surface area (TPSA) is 67.8 Å². The van der Waals surface area contributed by atoms with Crippen molar-refractivity contribution in [3.63, 3.8) is 0 Å². The summed E-state index contributed by atoms with van der Waals surface area (Å²) in [6, 6.07) is 11.4. The minimum absolute atomic E-state index is 0.0983. The first-order valence-electron chi connectivity index (χ1n) is 10.3. The van der Waals surface area contributed by atoms with E-state index in [4.69, 9.17) is 39.6 Å². The lowest BCUT2D eigenvalue weighted by molar-refractivity contribution is -0.130. The highest BCUT2D eigenvalue weighted by molar-refractivity contribution is 6.42. The number of anilines is 1. The Morgan fingerprint density at radius 3 is 2.31 bits per heavy atom. The molecule has 2 fully saturated rings. The lowest BCUT2D eigenvalue weighted by atomic mass is 9.64. The highest BCUT2D eigenvalue weighted by Gasteiger charge is 2.71. The highest BCUT2D eigenvalue weighted by atomic mass is 35.5. The zero-order valence-electron chi connectivity index (χ0n) is 18.0. The van der Waals surface area contributed by atoms with E-state index in [2.05, 4.69) is 31.2 Å². The van der Waals surface area contributed by atoms with Crippen LogP contribution in [0.4, 0.5) is 5.69 Å². The molecule has 0 radical (unpaired) electrons. The van der Waals surface area contributed by atoms with Crippen LogP contribution in [0.5, 0.6) is 0 Å². The van der Waals surface area contributed by atoms with Gasteiger partial charge in [0, 0.05) is 22.5 Å². The summed E-state index contributed by atoms with van der Waals surface area (Å²) in [7, 11) is 0. The van der Waals surface area contributed by atoms with E-state index in [0.717, 1.165) is 12.1 Å². The molecule has 2 bridgehead atoms. The summed E-state index contributed by atoms with van der Waals surface area (Å²) in [5.74, 6) is -0.661. The van der Waals surface area contributed by atoms with Crippen molar-refractivity contribution in [3.05, 3.63) is 63.1 Å². The number of nitrogens with zero attached hydrogens (tertiary/aromatic N) is 1. The van der Waals surface area contributed by atoms with E-state index < -0.39 is 16.8 Å². The number of hydrogen-bond acceptors (Lipinski definition) is 4. The Hall–Kier alpha value is -2.08. The number of carbonyl (C=O) groups is 2. The van der Waals surface area contributed by atoms with Gasteiger partial charge in [0.2, 0.25) is 5.91 Å². The van der Waals surface area contributed by atoms with E-state index in [9.17, 15) is 9.59 Å². The molecule has 0 aromatic heterocycles. The third-order valence-electron chi connectivity index (χ3n) is 7.66. The molecule has 1 N–H and O–H groups in total. The summed E-state index contributed by atoms with van der Waals surface area (Å²) in [5.41, 5.74) is 0.217. The van der Waals surface area contributed by atoms with Crippen LogP contribution >= 0.6 is 34.8 Å². The van der Waals surface area contributed by atoms with Gasteiger partial charge in [-0.1, -0.05) is 60.7 Å². The molecule has 2 aromatic rings. The summed E-state index contributed by atoms with van der Waals surface area (Å²) in [5, 5.41) is 8.58. The predicted octanol–water partition coefficient (Wildman–Crippen LogP) is 7.01. The maximum Gasteiger partial charge on any atom is 0.365 e. The van der Waals surface area contributed by atoms with Gasteiger partial charge in [-0.15, -0.1) is 0 Å². The number of nitrogens with one attached hydrogen (secondary N) is 1. The summed E-state index contributed by atoms with van der Waals surface area (Å²) >= 11 is 18.0. The van der Waals surface area contributed by atoms with Crippen molar-refractivity contribution < 1.29 is 14.4 Å². The van der Waals surface area contributed by atoms with Crippen molar-refractivity contribution in [2.75, 3.05) is 5.32 Å². The van der Waals surface area contributed by atoms with Crippen molar-refractivity contribution in [2.24, 2.45) is 21.4 Å². The van der Waals surface area contributed by atoms with Gasteiger partial charge in [-0.05, 0) is 60.7 Å². The van der Waals surface area contributed by atoms with Crippen LogP contribution in [-0.2, 0) is 9.63 Å². The summed E-state index contributed by atoms with van der Waals surface area (Å²) in [6.07, 6.45) is 1.90. The standard InChI is InChI=1S/C24H23Cl3N2O3/c1-22(2)23(3)10-11-24(22,21(31)28-16-8-9-17(26)18(27)12-16)13-19(23)29-32-20(30)14-4-6-15(25)7-5-14/h4-9,12H,10-11,13H2,1-3H3,(H,28,31)/b29-19-. The Labute approximate surface area is 202 Å². The van der Waals surface area contributed by atoms with E-state index in [1.54, 1.807) is 42.5 Å². The predicted molar refractivity (Wildman–Crippen MR) is 128 cm³/mol. The molecule has 2 aliphatic carbocycles. The molecule has 2 aliphatic rings. The molecule has 1 amide bonds. The SMILES string of the molecule is CC12CCC(C(=O)Nc3ccc(Cl)c(Cl)c3)(C/C1=N/OC(=O)c1ccc(Cl)cc1)C2(C)C. The quantitative estimate of drug-likeness (QED) is 0.368. The van der Waals surface area contributed by atoms with E-state index in [1.165, 1.54) is 0 Å². The Bertz CT molecular complexity index is 1130. The summed E-state index contributed by atoms with van der Waals surface area (Å²) in [6.45, 7) is 6.25. The molecule has 2 unspecified atom stereocenters. The molecule has 0 spiro atoms. The first-order valence-corrected chi connectivity index (χ1v) is 11.4. The maximum absolute atomic E-state index is 13.5. The van der Waals surface area contributed by atoms with Gasteiger partial charge in [-0.3, -0.25) is 4.79 Å². The van der Waals surface area contributed by atoms with E-state index >= 15 is 0 Å². The van der Waals surface area contributed by atoms with E-state index in [1.807, 2.05) is 0 Å². The Kier molecular flexibility index (Phi) is 5.81. The van der Waals surface area contributed by atoms with Gasteiger partial charge in [0.25, 0.3) is 0 Å². The van der Waals surface area contributed by atoms with Crippen LogP contribution in [0.25, 0.3) is 0 Å². The second-order valence-electron chi connectivity index (χ2n) is 9.22. The van der Waals surface area contributed by atoms with Gasteiger partial charge in [-0.2, -0.15) is 0 Å². The molecular formula is C24H23Cl3N2O3. The van der Waals surface area contributed by atoms with Gasteiger partial charge < -0.3 is 10.2 Å². The first kappa shape index (κ1) is 23.1. The Morgan fingerprint density at radius 2 is 1.66 bits per heavy atom. The number of carbonyl (C=O) groups excluding carboxylic acids is 2. The lowest BCUT2D eigenvalue weighted by Gasteiger charge is -2.39. The van der Waals surface area contributed by atoms with Crippen molar-refractivity contribution >= 4 is 58.1 Å². The third-order valence-corrected chi connectivity index (χ3v) is 8.66. The Balaban J connectivity index is 1.58. The van der Waals surface area contributed by atoms with Gasteiger partial charge >= 0.3 is 5.97 Å². The average molecular weight is 494 g/mol. The van der Waals surface area contributed by atoms with Crippen LogP contribution in [0.3, 0.4) is 0 Å². The van der Waals surface area contributed by atoms with Crippen molar-refractivity contribution in [1.82, 2.24) is 0 Å². The van der Waals surface area contributed by atoms with Gasteiger partial charge in [-0.25, -0.2) is 4.79 Å². The molecule has 0 heterocycles. The minimum atomic E-state index is -0.681. The maximum atomic E-state index is 13.5. The zero-order valence-corrected chi connectivity index (χ0v) is 20.2. The smallest absolute Gasteiger partial charge is 0.326 e. The molecule has 4 rings (SSSR count). The summed E-state index contributed by atoms with van der Waals surface area (Å²) in [4.78, 5) is 31.2. The van der Waals surface area contributed by atoms with Crippen molar-refractivity contribution in [2.45, 2.75) is 40.0 Å². The molecule has 0 aliphatic heterocycles. The van der Waals surface area contributed by atoms with Crippen molar-refractivity contribution in [3.8, 4) is 0 Å². The van der Waals surface area contributed by atoms with E-state index in [0.29, 0.717) is 39.2 Å². The van der Waals surface area contributed by atoms with E-state index in [-0.39, 0.29) is 11.3 Å². The van der Waals surface area contributed by atoms with Crippen LogP contribution in [0, 0.1) is 16.2 Å². The third kappa shape index (κ3) is 3.51. The monoisotopic (exact) mass is 492 g/mol. The van der Waals surface area contributed by atoms with Crippen LogP contribution in [-0.4, -0.2) is 17.6 Å². The molecule has 8 heteroatoms. The largest absolute Gasteiger partial charge is 0.365 e. The normalized spacial score (nSPS) is 26.9. The number of halogens is 3. The van der Waals surface area contributed by atoms with Crippen LogP contribution in [0.2, 0.25) is 15.1 Å². The van der Waals surface area contributed by atoms with Crippen molar-refractivity contribution in [1.29, 1.82) is 0 Å². The molecule has 2 aromatic carbocycles. The zero-order chi connectivity index (χ0) is 23.3. The fourth-order valence-electron chi connectivity index (χ4n) is 5.08. The van der Waals surface area contributed by atoms with Gasteiger partial charge in [0.15, 0.2) is 0 Å². The minimum Gasteiger partial charge on any atom is -0.326 e. The lowest BCUT2D eigenvalue weighted by Crippen LogP contribution is -2.43. The molecule has 2 atom stereocenters. The van der Waals surface area contributed by atoms with Crippen LogP contribution in [0.1, 0.15) is 50.4 Å². The van der Waals surface area contributed by atoms with Crippen LogP contribution in [0.15, 0.2) is 47.6 Å². The number of amides is 1. The molecule has 32 heavy (non-hydrogen) atoms. The number of fused-ring (bicyclic) bond motifs is 2. The molecule has 2 saturated carbocycles. The fourth-order valence-corrected chi connectivity index (χ4v) is 5.51. The second kappa shape index (κ2) is 8.05. The average Bonchev–Trinajstić information content (AvgIpc) is 3.06. The van der Waals surface area contributed by atoms with Gasteiger partial charge in [0.05, 0.1) is 26.7 Å².